The van der Waals surface area contributed by atoms with E-state index in [-0.39, 0.29) is 36.3 Å². The fourth-order valence-corrected chi connectivity index (χ4v) is 9.22. The Morgan fingerprint density at radius 2 is 0.844 bits per heavy atom. The number of hydrogen-bond donors (Lipinski definition) is 18. The Morgan fingerprint density at radius 1 is 0.444 bits per heavy atom. The molecule has 0 saturated carbocycles. The molecule has 20 N–H and O–H groups in total. The minimum atomic E-state index is -2.11. The summed E-state index contributed by atoms with van der Waals surface area (Å²) in [6.45, 7) is -0.984. The van der Waals surface area contributed by atoms with Gasteiger partial charge in [-0.05, 0) is 52.6 Å². The minimum Gasteiger partial charge on any atom is -0.508 e. The fraction of sp³-hybridized carbons (Fsp3) is 0.305. The molecule has 31 heteroatoms. The first-order valence-electron chi connectivity index (χ1n) is 27.7. The largest absolute Gasteiger partial charge is 0.508 e. The van der Waals surface area contributed by atoms with Gasteiger partial charge >= 0.3 is 17.9 Å². The van der Waals surface area contributed by atoms with Crippen molar-refractivity contribution in [2.45, 2.75) is 106 Å². The molecule has 4 aromatic carbocycles. The molecule has 2 aromatic heterocycles. The monoisotopic (exact) mass is 1250 g/mol. The summed E-state index contributed by atoms with van der Waals surface area (Å²) in [4.78, 5) is 171. The normalized spacial score (nSPS) is 14.0. The first-order chi connectivity index (χ1) is 42.8. The number of phenols is 2. The number of nitrogens with zero attached hydrogens (tertiary/aromatic N) is 1. The second-order valence-corrected chi connectivity index (χ2v) is 20.8. The Balaban J connectivity index is 1.27. The number of imidazole rings is 1. The summed E-state index contributed by atoms with van der Waals surface area (Å²) in [5, 5.41) is 79.4. The zero-order valence-corrected chi connectivity index (χ0v) is 47.8. The van der Waals surface area contributed by atoms with E-state index in [0.29, 0.717) is 33.3 Å². The van der Waals surface area contributed by atoms with E-state index in [1.165, 1.54) is 67.3 Å². The number of amides is 9. The molecule has 0 aliphatic carbocycles. The van der Waals surface area contributed by atoms with Crippen molar-refractivity contribution in [1.82, 2.24) is 57.5 Å². The smallest absolute Gasteiger partial charge is 0.326 e. The van der Waals surface area contributed by atoms with E-state index in [9.17, 15) is 88.2 Å². The first kappa shape index (κ1) is 67.9. The third kappa shape index (κ3) is 20.8. The van der Waals surface area contributed by atoms with E-state index >= 15 is 0 Å². The van der Waals surface area contributed by atoms with Gasteiger partial charge in [-0.25, -0.2) is 9.78 Å². The zero-order chi connectivity index (χ0) is 65.6. The lowest BCUT2D eigenvalue weighted by atomic mass is 10.0. The van der Waals surface area contributed by atoms with Crippen LogP contribution in [0.15, 0.2) is 122 Å². The molecule has 2 heterocycles. The van der Waals surface area contributed by atoms with Crippen LogP contribution in [0.1, 0.15) is 47.2 Å². The van der Waals surface area contributed by atoms with Crippen LogP contribution in [0.25, 0.3) is 10.9 Å². The minimum absolute atomic E-state index is 0.0405. The summed E-state index contributed by atoms with van der Waals surface area (Å²) < 4.78 is 0. The van der Waals surface area contributed by atoms with Crippen molar-refractivity contribution in [1.29, 1.82) is 0 Å². The summed E-state index contributed by atoms with van der Waals surface area (Å²) in [6, 6.07) is 9.25. The number of aromatic nitrogens is 3. The fourth-order valence-electron chi connectivity index (χ4n) is 9.22. The number of phenolic OH excluding ortho intramolecular Hbond substituents is 2. The van der Waals surface area contributed by atoms with Gasteiger partial charge in [0, 0.05) is 61.1 Å². The van der Waals surface area contributed by atoms with Gasteiger partial charge in [0.05, 0.1) is 38.2 Å². The number of H-pyrrole nitrogens is 2. The number of carboxylic acid groups (broad SMARTS) is 3. The van der Waals surface area contributed by atoms with Crippen LogP contribution < -0.4 is 54.0 Å². The number of aliphatic hydroxyl groups excluding tert-OH is 1. The molecule has 0 aliphatic rings. The number of para-hydroxylation sites is 1. The summed E-state index contributed by atoms with van der Waals surface area (Å²) in [7, 11) is 0. The Hall–Kier alpha value is -11.2. The van der Waals surface area contributed by atoms with Crippen molar-refractivity contribution in [2.75, 3.05) is 6.61 Å². The van der Waals surface area contributed by atoms with Crippen molar-refractivity contribution in [2.24, 2.45) is 11.5 Å². The van der Waals surface area contributed by atoms with Crippen LogP contribution in [-0.4, -0.2) is 178 Å². The molecule has 476 valence electrons. The average molecular weight is 1250 g/mol. The Labute approximate surface area is 511 Å². The summed E-state index contributed by atoms with van der Waals surface area (Å²) in [5.74, 6) is -15.8. The molecule has 0 saturated heterocycles. The molecule has 6 rings (SSSR count). The van der Waals surface area contributed by atoms with Crippen LogP contribution in [-0.2, 0) is 89.6 Å². The molecule has 0 unspecified atom stereocenters. The van der Waals surface area contributed by atoms with Crippen LogP contribution in [0.3, 0.4) is 0 Å². The number of aliphatic carboxylic acids is 3. The Kier molecular flexibility index (Phi) is 24.5. The summed E-state index contributed by atoms with van der Waals surface area (Å²) >= 11 is 0. The molecule has 90 heavy (non-hydrogen) atoms. The highest BCUT2D eigenvalue weighted by atomic mass is 16.4. The van der Waals surface area contributed by atoms with Crippen molar-refractivity contribution < 1.29 is 88.2 Å². The number of carboxylic acids is 3. The van der Waals surface area contributed by atoms with E-state index in [1.54, 1.807) is 54.6 Å². The zero-order valence-electron chi connectivity index (χ0n) is 47.8. The maximum absolute atomic E-state index is 14.6. The molecule has 9 atom stereocenters. The molecular formula is C59H67N13O18. The van der Waals surface area contributed by atoms with Gasteiger partial charge in [-0.2, -0.15) is 0 Å². The molecule has 0 fully saturated rings. The predicted octanol–water partition coefficient (Wildman–Crippen LogP) is -3.08. The van der Waals surface area contributed by atoms with Crippen molar-refractivity contribution in [3.8, 4) is 11.5 Å². The number of benzene rings is 4. The van der Waals surface area contributed by atoms with Crippen LogP contribution in [0.5, 0.6) is 11.5 Å². The quantitative estimate of drug-likeness (QED) is 0.0191. The maximum Gasteiger partial charge on any atom is 0.326 e. The average Bonchev–Trinajstić information content (AvgIpc) is 2.06. The van der Waals surface area contributed by atoms with Gasteiger partial charge in [-0.15, -0.1) is 0 Å². The third-order valence-electron chi connectivity index (χ3n) is 13.9. The molecular weight excluding hydrogens is 1180 g/mol. The van der Waals surface area contributed by atoms with Gasteiger partial charge < -0.3 is 94.6 Å². The molecule has 0 spiro atoms. The number of aromatic hydroxyl groups is 2. The summed E-state index contributed by atoms with van der Waals surface area (Å²) in [5.41, 5.74) is 13.7. The number of aromatic amines is 2. The molecule has 0 bridgehead atoms. The molecule has 0 radical (unpaired) electrons. The number of carbonyl (C=O) groups is 12. The Bertz CT molecular complexity index is 3530. The van der Waals surface area contributed by atoms with Gasteiger partial charge in [0.2, 0.25) is 53.2 Å². The van der Waals surface area contributed by atoms with Crippen molar-refractivity contribution in [3.63, 3.8) is 0 Å². The molecule has 6 aromatic rings. The number of rotatable bonds is 34. The third-order valence-corrected chi connectivity index (χ3v) is 13.9. The molecule has 9 amide bonds. The highest BCUT2D eigenvalue weighted by Crippen LogP contribution is 2.21. The first-order valence-corrected chi connectivity index (χ1v) is 27.7. The van der Waals surface area contributed by atoms with E-state index in [4.69, 9.17) is 11.5 Å². The van der Waals surface area contributed by atoms with E-state index in [0.717, 1.165) is 0 Å². The second kappa shape index (κ2) is 32.5. The van der Waals surface area contributed by atoms with Crippen LogP contribution in [0.2, 0.25) is 0 Å². The number of nitrogens with two attached hydrogens (primary N) is 2. The van der Waals surface area contributed by atoms with Gasteiger partial charge in [-0.1, -0.05) is 72.8 Å². The molecule has 0 aliphatic heterocycles. The number of nitrogens with one attached hydrogen (secondary N) is 10. The van der Waals surface area contributed by atoms with Gasteiger partial charge in [-0.3, -0.25) is 52.7 Å². The maximum atomic E-state index is 14.6. The van der Waals surface area contributed by atoms with Gasteiger partial charge in [0.1, 0.15) is 59.8 Å². The number of primary amides is 1. The molecule has 31 nitrogen and oxygen atoms in total. The van der Waals surface area contributed by atoms with Crippen LogP contribution in [0, 0.1) is 0 Å². The lowest BCUT2D eigenvalue weighted by Crippen LogP contribution is -2.61. The highest BCUT2D eigenvalue weighted by Gasteiger charge is 2.37. The number of aliphatic hydroxyl groups is 1. The lowest BCUT2D eigenvalue weighted by molar-refractivity contribution is -0.143. The van der Waals surface area contributed by atoms with Crippen molar-refractivity contribution >= 4 is 82.0 Å². The predicted molar refractivity (Wildman–Crippen MR) is 315 cm³/mol. The van der Waals surface area contributed by atoms with Gasteiger partial charge in [0.25, 0.3) is 0 Å². The summed E-state index contributed by atoms with van der Waals surface area (Å²) in [6.07, 6.45) is -0.555. The number of fused-ring (bicyclic) bond motifs is 1. The van der Waals surface area contributed by atoms with E-state index in [2.05, 4.69) is 57.5 Å². The Morgan fingerprint density at radius 3 is 1.28 bits per heavy atom. The van der Waals surface area contributed by atoms with Crippen LogP contribution >= 0.6 is 0 Å². The SMILES string of the molecule is NC(=O)C[C@H](NC(=O)[C@H](Cc1ccc(O)cc1)NC(=O)[C@H](Cc1c[nH]c2ccccc12)NC(=O)[C@H](CC(=O)O)NC(=O)[C@H](Cc1ccc(O)cc1)NC(=O)[C@H](CC(=O)O)NC(=O)[C@H](Cc1ccccc1)NC(=O)[C@H](CO)NC(=O)[C@@H](N)Cc1cnc[nH]1)C(=O)O. The van der Waals surface area contributed by atoms with E-state index < -0.39 is 164 Å². The van der Waals surface area contributed by atoms with Crippen LogP contribution in [0.4, 0.5) is 0 Å². The highest BCUT2D eigenvalue weighted by molar-refractivity contribution is 6.00. The number of hydrogen-bond acceptors (Lipinski definition) is 17. The van der Waals surface area contributed by atoms with Gasteiger partial charge in [0.15, 0.2) is 0 Å². The topological polar surface area (TPSA) is 519 Å². The second-order valence-electron chi connectivity index (χ2n) is 20.8. The lowest BCUT2D eigenvalue weighted by Gasteiger charge is -2.28. The van der Waals surface area contributed by atoms with E-state index in [1.807, 2.05) is 0 Å². The standard InChI is InChI=1S/C59H67N13O18/c60-38(22-34-27-62-29-64-34)51(81)72-47(28-73)58(88)67-40(18-30-6-2-1-3-7-30)52(82)69-44(24-49(77)78)56(86)66-41(19-31-10-14-35(74)15-11-31)53(83)70-45(25-50(79)80)57(87)68-43(21-33-26-63-39-9-5-4-8-37(33)39)55(85)65-42(20-32-12-16-36(75)17-13-32)54(84)71-46(59(89)90)23-48(61)76/h1-17,26-27,29,38,40-47,63,73-75H,18-25,28,60H2,(H2,61,76)(H,62,64)(H,65,85)(H,66,86)(H,67,88)(H,68,87)(H,69,82)(H,70,83)(H,71,84)(H,72,81)(H,77,78)(H,79,80)(H,89,90)/t38-,40-,41-,42-,43-,44-,45-,46-,47-/m0/s1. The van der Waals surface area contributed by atoms with Crippen molar-refractivity contribution in [3.05, 3.63) is 150 Å². The number of carbonyl (C=O) groups excluding carboxylic acids is 9.